The highest BCUT2D eigenvalue weighted by molar-refractivity contribution is 5.93. The first-order valence-electron chi connectivity index (χ1n) is 23.3. The van der Waals surface area contributed by atoms with Gasteiger partial charge in [-0.05, 0) is 155 Å². The van der Waals surface area contributed by atoms with E-state index in [-0.39, 0.29) is 22.4 Å². The van der Waals surface area contributed by atoms with Crippen LogP contribution >= 0.6 is 0 Å². The van der Waals surface area contributed by atoms with Crippen molar-refractivity contribution in [3.63, 3.8) is 0 Å². The Morgan fingerprint density at radius 3 is 0.891 bits per heavy atom. The minimum absolute atomic E-state index is 0.103. The number of Topliss-reactive ketones (excluding diaryl/α,β-unsaturated/α-hetero) is 2. The van der Waals surface area contributed by atoms with Gasteiger partial charge in [-0.3, -0.25) is 9.59 Å². The molecule has 0 fully saturated rings. The molecule has 0 amide bonds. The Labute approximate surface area is 392 Å². The second-order valence-corrected chi connectivity index (χ2v) is 19.0. The Bertz CT molecular complexity index is 2020. The van der Waals surface area contributed by atoms with E-state index in [9.17, 15) is 9.59 Å². The summed E-state index contributed by atoms with van der Waals surface area (Å²) >= 11 is 0. The van der Waals surface area contributed by atoms with Crippen LogP contribution in [0.5, 0.6) is 0 Å². The molecule has 0 aliphatic heterocycles. The summed E-state index contributed by atoms with van der Waals surface area (Å²) in [5, 5.41) is 0. The molecule has 0 N–H and O–H groups in total. The molecule has 0 saturated heterocycles. The maximum atomic E-state index is 11.2. The summed E-state index contributed by atoms with van der Waals surface area (Å²) in [5.74, 6) is 0.207. The predicted molar refractivity (Wildman–Crippen MR) is 285 cm³/mol. The smallest absolute Gasteiger partial charge is 0.155 e. The second kappa shape index (κ2) is 29.9. The standard InChI is InChI=1S/2C31H42O/c2*1-24(14-9-10-15-25(2)18-12-19-27(4)29(6)32)16-11-17-26(3)21-22-30-28(5)20-13-23-31(30,7)8/h2*9-12,14-19,21-22H,13,20,23H2,1-8H3/b2*10-9+,16-11+,18-12+,22-21+,24-14+,25-15+,26-17+,27-19+. The summed E-state index contributed by atoms with van der Waals surface area (Å²) in [5.41, 5.74) is 15.3. The van der Waals surface area contributed by atoms with E-state index in [1.807, 2.05) is 88.5 Å². The largest absolute Gasteiger partial charge is 0.295 e. The molecule has 0 aromatic heterocycles. The van der Waals surface area contributed by atoms with Gasteiger partial charge in [-0.1, -0.05) is 218 Å². The Hall–Kier alpha value is -5.34. The molecular weight excluding hydrogens is 777 g/mol. The zero-order chi connectivity index (χ0) is 48.3. The minimum atomic E-state index is 0.103. The molecule has 2 rings (SSSR count). The highest BCUT2D eigenvalue weighted by Gasteiger charge is 2.27. The second-order valence-electron chi connectivity index (χ2n) is 19.0. The summed E-state index contributed by atoms with van der Waals surface area (Å²) in [4.78, 5) is 22.4. The Kier molecular flexibility index (Phi) is 26.5. The first kappa shape index (κ1) is 56.7. The van der Waals surface area contributed by atoms with E-state index in [4.69, 9.17) is 0 Å². The van der Waals surface area contributed by atoms with E-state index >= 15 is 0 Å². The molecule has 0 saturated carbocycles. The van der Waals surface area contributed by atoms with Crippen LogP contribution in [-0.2, 0) is 9.59 Å². The molecule has 0 radical (unpaired) electrons. The van der Waals surface area contributed by atoms with Gasteiger partial charge in [0.15, 0.2) is 11.6 Å². The van der Waals surface area contributed by atoms with Crippen LogP contribution in [0.3, 0.4) is 0 Å². The van der Waals surface area contributed by atoms with Crippen molar-refractivity contribution in [3.05, 3.63) is 213 Å². The molecule has 0 bridgehead atoms. The van der Waals surface area contributed by atoms with Crippen molar-refractivity contribution >= 4 is 11.6 Å². The van der Waals surface area contributed by atoms with E-state index < -0.39 is 0 Å². The van der Waals surface area contributed by atoms with Crippen LogP contribution in [0.2, 0.25) is 0 Å². The number of carbonyl (C=O) groups is 2. The van der Waals surface area contributed by atoms with Gasteiger partial charge in [-0.2, -0.15) is 0 Å². The molecule has 0 atom stereocenters. The number of hydrogen-bond donors (Lipinski definition) is 0. The first-order chi connectivity index (χ1) is 30.0. The molecule has 2 aliphatic carbocycles. The van der Waals surface area contributed by atoms with E-state index in [2.05, 4.69) is 154 Å². The van der Waals surface area contributed by atoms with Crippen LogP contribution in [0.15, 0.2) is 213 Å². The van der Waals surface area contributed by atoms with Crippen LogP contribution in [0.4, 0.5) is 0 Å². The summed E-state index contributed by atoms with van der Waals surface area (Å²) in [7, 11) is 0. The van der Waals surface area contributed by atoms with Crippen molar-refractivity contribution in [1.82, 2.24) is 0 Å². The van der Waals surface area contributed by atoms with E-state index in [1.54, 1.807) is 13.8 Å². The van der Waals surface area contributed by atoms with Crippen molar-refractivity contribution in [2.45, 2.75) is 149 Å². The summed E-state index contributed by atoms with van der Waals surface area (Å²) in [6.07, 6.45) is 57.5. The molecule has 0 heterocycles. The number of allylic oxidation sites excluding steroid dienone is 36. The summed E-state index contributed by atoms with van der Waals surface area (Å²) < 4.78 is 0. The summed E-state index contributed by atoms with van der Waals surface area (Å²) in [6.45, 7) is 33.4. The van der Waals surface area contributed by atoms with Gasteiger partial charge in [-0.25, -0.2) is 0 Å². The maximum Gasteiger partial charge on any atom is 0.155 e. The lowest BCUT2D eigenvalue weighted by atomic mass is 9.72. The van der Waals surface area contributed by atoms with Crippen LogP contribution < -0.4 is 0 Å². The lowest BCUT2D eigenvalue weighted by Crippen LogP contribution is -2.19. The summed E-state index contributed by atoms with van der Waals surface area (Å²) in [6, 6.07) is 0. The molecular formula is C62H84O2. The number of carbonyl (C=O) groups excluding carboxylic acids is 2. The van der Waals surface area contributed by atoms with Crippen LogP contribution in [0, 0.1) is 10.8 Å². The first-order valence-corrected chi connectivity index (χ1v) is 23.3. The van der Waals surface area contributed by atoms with Crippen LogP contribution in [0.25, 0.3) is 0 Å². The van der Waals surface area contributed by atoms with Crippen molar-refractivity contribution < 1.29 is 9.59 Å². The van der Waals surface area contributed by atoms with Gasteiger partial charge in [0.05, 0.1) is 0 Å². The average molecular weight is 861 g/mol. The van der Waals surface area contributed by atoms with Crippen molar-refractivity contribution in [3.8, 4) is 0 Å². The van der Waals surface area contributed by atoms with Crippen molar-refractivity contribution in [2.75, 3.05) is 0 Å². The molecule has 64 heavy (non-hydrogen) atoms. The Balaban J connectivity index is 0.000000640. The lowest BCUT2D eigenvalue weighted by molar-refractivity contribution is -0.114. The van der Waals surface area contributed by atoms with Gasteiger partial charge in [0, 0.05) is 0 Å². The van der Waals surface area contributed by atoms with E-state index in [1.165, 1.54) is 83.1 Å². The topological polar surface area (TPSA) is 34.1 Å². The Morgan fingerprint density at radius 1 is 0.375 bits per heavy atom. The van der Waals surface area contributed by atoms with Crippen LogP contribution in [-0.4, -0.2) is 11.6 Å². The highest BCUT2D eigenvalue weighted by atomic mass is 16.1. The van der Waals surface area contributed by atoms with Gasteiger partial charge in [0.1, 0.15) is 0 Å². The fourth-order valence-electron chi connectivity index (χ4n) is 7.24. The fourth-order valence-corrected chi connectivity index (χ4v) is 7.24. The number of ketones is 2. The molecule has 2 aliphatic rings. The van der Waals surface area contributed by atoms with Crippen LogP contribution in [0.1, 0.15) is 149 Å². The zero-order valence-electron chi connectivity index (χ0n) is 42.9. The third-order valence-corrected chi connectivity index (χ3v) is 11.7. The average Bonchev–Trinajstić information content (AvgIpc) is 3.20. The van der Waals surface area contributed by atoms with Gasteiger partial charge >= 0.3 is 0 Å². The number of rotatable bonds is 18. The fraction of sp³-hybridized carbons (Fsp3) is 0.387. The molecule has 2 nitrogen and oxygen atoms in total. The third kappa shape index (κ3) is 24.5. The van der Waals surface area contributed by atoms with Gasteiger partial charge in [-0.15, -0.1) is 0 Å². The zero-order valence-corrected chi connectivity index (χ0v) is 42.9. The SMILES string of the molecule is CC(=O)/C(C)=C/C=C/C(C)=C/C=C/C=C(C)/C=C/C=C(C)/C=C/C1=C(C)CCCC1(C)C.CC(=O)/C(C)=C/C=C/C(C)=C/C=C/C=C(C)/C=C/C=C(C)/C=C/C1=C(C)CCCC1(C)C. The quantitative estimate of drug-likeness (QED) is 0.102. The molecule has 0 spiro atoms. The monoisotopic (exact) mass is 861 g/mol. The lowest BCUT2D eigenvalue weighted by Gasteiger charge is -2.33. The molecule has 0 aromatic rings. The molecule has 0 aromatic carbocycles. The molecule has 344 valence electrons. The predicted octanol–water partition coefficient (Wildman–Crippen LogP) is 18.2. The van der Waals surface area contributed by atoms with E-state index in [0.717, 1.165) is 22.3 Å². The van der Waals surface area contributed by atoms with Crippen molar-refractivity contribution in [2.24, 2.45) is 10.8 Å². The Morgan fingerprint density at radius 2 is 0.625 bits per heavy atom. The van der Waals surface area contributed by atoms with Crippen molar-refractivity contribution in [1.29, 1.82) is 0 Å². The highest BCUT2D eigenvalue weighted by Crippen LogP contribution is 2.41. The third-order valence-electron chi connectivity index (χ3n) is 11.7. The minimum Gasteiger partial charge on any atom is -0.295 e. The van der Waals surface area contributed by atoms with E-state index in [0.29, 0.717) is 0 Å². The van der Waals surface area contributed by atoms with Gasteiger partial charge in [0.2, 0.25) is 0 Å². The van der Waals surface area contributed by atoms with Gasteiger partial charge < -0.3 is 0 Å². The molecule has 0 unspecified atom stereocenters. The molecule has 2 heteroatoms. The van der Waals surface area contributed by atoms with Gasteiger partial charge in [0.25, 0.3) is 0 Å². The maximum absolute atomic E-state index is 11.2. The number of hydrogen-bond acceptors (Lipinski definition) is 2. The normalized spacial score (nSPS) is 19.4.